The second kappa shape index (κ2) is 4.74. The summed E-state index contributed by atoms with van der Waals surface area (Å²) in [6, 6.07) is 4.83. The average molecular weight is 243 g/mol. The molecule has 0 aliphatic rings. The standard InChI is InChI=1S/C12H15ClO3/c1-4-12(2,3)16-9-7-5-6-8(13)10(9)11(14)15/h5-7H,4H2,1-3H3,(H,14,15). The fraction of sp³-hybridized carbons (Fsp3) is 0.417. The number of aromatic carboxylic acids is 1. The normalized spacial score (nSPS) is 11.2. The molecule has 0 atom stereocenters. The number of hydrogen-bond acceptors (Lipinski definition) is 2. The van der Waals surface area contributed by atoms with Crippen LogP contribution in [0.4, 0.5) is 0 Å². The van der Waals surface area contributed by atoms with Crippen LogP contribution in [0.1, 0.15) is 37.6 Å². The largest absolute Gasteiger partial charge is 0.487 e. The van der Waals surface area contributed by atoms with E-state index < -0.39 is 11.6 Å². The molecule has 16 heavy (non-hydrogen) atoms. The Morgan fingerprint density at radius 2 is 2.12 bits per heavy atom. The number of halogens is 1. The smallest absolute Gasteiger partial charge is 0.341 e. The van der Waals surface area contributed by atoms with E-state index in [1.165, 1.54) is 6.07 Å². The molecular formula is C12H15ClO3. The van der Waals surface area contributed by atoms with E-state index in [0.29, 0.717) is 5.75 Å². The fourth-order valence-corrected chi connectivity index (χ4v) is 1.41. The zero-order valence-electron chi connectivity index (χ0n) is 9.58. The maximum atomic E-state index is 11.1. The van der Waals surface area contributed by atoms with Gasteiger partial charge in [0.05, 0.1) is 5.02 Å². The van der Waals surface area contributed by atoms with Crippen molar-refractivity contribution in [2.24, 2.45) is 0 Å². The molecule has 0 heterocycles. The van der Waals surface area contributed by atoms with Crippen LogP contribution in [-0.4, -0.2) is 16.7 Å². The Kier molecular flexibility index (Phi) is 3.81. The number of benzene rings is 1. The quantitative estimate of drug-likeness (QED) is 0.877. The Labute approximate surface area is 100.0 Å². The van der Waals surface area contributed by atoms with Crippen LogP contribution >= 0.6 is 11.6 Å². The molecule has 0 unspecified atom stereocenters. The third kappa shape index (κ3) is 2.89. The average Bonchev–Trinajstić information content (AvgIpc) is 2.16. The van der Waals surface area contributed by atoms with Crippen molar-refractivity contribution in [3.8, 4) is 5.75 Å². The Morgan fingerprint density at radius 1 is 1.50 bits per heavy atom. The minimum absolute atomic E-state index is 0.0192. The fourth-order valence-electron chi connectivity index (χ4n) is 1.17. The zero-order chi connectivity index (χ0) is 12.3. The van der Waals surface area contributed by atoms with Crippen molar-refractivity contribution in [2.45, 2.75) is 32.8 Å². The Hall–Kier alpha value is -1.22. The second-order valence-corrected chi connectivity index (χ2v) is 4.54. The summed E-state index contributed by atoms with van der Waals surface area (Å²) in [5, 5.41) is 9.24. The van der Waals surface area contributed by atoms with Crippen LogP contribution in [0, 0.1) is 0 Å². The summed E-state index contributed by atoms with van der Waals surface area (Å²) in [5.41, 5.74) is -0.389. The molecule has 3 nitrogen and oxygen atoms in total. The van der Waals surface area contributed by atoms with E-state index in [-0.39, 0.29) is 10.6 Å². The SMILES string of the molecule is CCC(C)(C)Oc1cccc(Cl)c1C(=O)O. The van der Waals surface area contributed by atoms with Crippen LogP contribution in [0.2, 0.25) is 5.02 Å². The molecule has 0 saturated heterocycles. The van der Waals surface area contributed by atoms with Crippen LogP contribution in [0.25, 0.3) is 0 Å². The molecule has 1 rings (SSSR count). The number of carbonyl (C=O) groups is 1. The highest BCUT2D eigenvalue weighted by Gasteiger charge is 2.22. The van der Waals surface area contributed by atoms with Gasteiger partial charge in [0.15, 0.2) is 0 Å². The van der Waals surface area contributed by atoms with Gasteiger partial charge in [0, 0.05) is 0 Å². The molecule has 0 bridgehead atoms. The first-order valence-electron chi connectivity index (χ1n) is 5.08. The molecule has 0 fully saturated rings. The Bertz CT molecular complexity index is 399. The lowest BCUT2D eigenvalue weighted by atomic mass is 10.1. The topological polar surface area (TPSA) is 46.5 Å². The highest BCUT2D eigenvalue weighted by molar-refractivity contribution is 6.33. The molecule has 88 valence electrons. The minimum atomic E-state index is -1.08. The third-order valence-corrected chi connectivity index (χ3v) is 2.74. The zero-order valence-corrected chi connectivity index (χ0v) is 10.3. The molecule has 1 N–H and O–H groups in total. The van der Waals surface area contributed by atoms with Gasteiger partial charge in [-0.2, -0.15) is 0 Å². The van der Waals surface area contributed by atoms with Crippen molar-refractivity contribution in [2.75, 3.05) is 0 Å². The minimum Gasteiger partial charge on any atom is -0.487 e. The van der Waals surface area contributed by atoms with Crippen molar-refractivity contribution < 1.29 is 14.6 Å². The number of ether oxygens (including phenoxy) is 1. The van der Waals surface area contributed by atoms with E-state index in [1.807, 2.05) is 20.8 Å². The van der Waals surface area contributed by atoms with Gasteiger partial charge in [-0.1, -0.05) is 24.6 Å². The maximum absolute atomic E-state index is 11.1. The molecule has 0 amide bonds. The van der Waals surface area contributed by atoms with Crippen molar-refractivity contribution in [3.05, 3.63) is 28.8 Å². The van der Waals surface area contributed by atoms with Gasteiger partial charge in [-0.05, 0) is 32.4 Å². The molecule has 0 spiro atoms. The van der Waals surface area contributed by atoms with Gasteiger partial charge in [-0.3, -0.25) is 0 Å². The van der Waals surface area contributed by atoms with Gasteiger partial charge in [-0.25, -0.2) is 4.79 Å². The summed E-state index contributed by atoms with van der Waals surface area (Å²) in [6.45, 7) is 5.78. The van der Waals surface area contributed by atoms with E-state index in [0.717, 1.165) is 6.42 Å². The van der Waals surface area contributed by atoms with Crippen molar-refractivity contribution in [1.82, 2.24) is 0 Å². The number of hydrogen-bond donors (Lipinski definition) is 1. The second-order valence-electron chi connectivity index (χ2n) is 4.13. The first kappa shape index (κ1) is 12.8. The van der Waals surface area contributed by atoms with Crippen molar-refractivity contribution >= 4 is 17.6 Å². The first-order chi connectivity index (χ1) is 7.37. The van der Waals surface area contributed by atoms with Gasteiger partial charge in [0.1, 0.15) is 16.9 Å². The van der Waals surface area contributed by atoms with Crippen molar-refractivity contribution in [3.63, 3.8) is 0 Å². The lowest BCUT2D eigenvalue weighted by molar-refractivity contribution is 0.0672. The lowest BCUT2D eigenvalue weighted by Gasteiger charge is -2.25. The van der Waals surface area contributed by atoms with E-state index >= 15 is 0 Å². The van der Waals surface area contributed by atoms with Gasteiger partial charge in [0.2, 0.25) is 0 Å². The third-order valence-electron chi connectivity index (χ3n) is 2.43. The van der Waals surface area contributed by atoms with E-state index in [2.05, 4.69) is 0 Å². The molecule has 1 aromatic carbocycles. The molecule has 0 saturated carbocycles. The summed E-state index contributed by atoms with van der Waals surface area (Å²) in [5.74, 6) is -0.764. The molecular weight excluding hydrogens is 228 g/mol. The van der Waals surface area contributed by atoms with E-state index in [9.17, 15) is 4.79 Å². The number of carboxylic acids is 1. The highest BCUT2D eigenvalue weighted by Crippen LogP contribution is 2.30. The molecule has 1 aromatic rings. The first-order valence-corrected chi connectivity index (χ1v) is 5.46. The Morgan fingerprint density at radius 3 is 2.62 bits per heavy atom. The van der Waals surface area contributed by atoms with Crippen LogP contribution in [0.15, 0.2) is 18.2 Å². The number of carboxylic acid groups (broad SMARTS) is 1. The maximum Gasteiger partial charge on any atom is 0.341 e. The summed E-state index contributed by atoms with van der Waals surface area (Å²) in [6.07, 6.45) is 0.776. The predicted octanol–water partition coefficient (Wildman–Crippen LogP) is 3.61. The number of rotatable bonds is 4. The molecule has 0 aliphatic carbocycles. The van der Waals surface area contributed by atoms with Gasteiger partial charge >= 0.3 is 5.97 Å². The van der Waals surface area contributed by atoms with Crippen LogP contribution < -0.4 is 4.74 Å². The monoisotopic (exact) mass is 242 g/mol. The summed E-state index contributed by atoms with van der Waals surface area (Å²) in [4.78, 5) is 11.1. The highest BCUT2D eigenvalue weighted by atomic mass is 35.5. The van der Waals surface area contributed by atoms with Crippen LogP contribution in [-0.2, 0) is 0 Å². The Balaban J connectivity index is 3.14. The molecule has 0 aliphatic heterocycles. The molecule has 0 radical (unpaired) electrons. The van der Waals surface area contributed by atoms with Gasteiger partial charge in [0.25, 0.3) is 0 Å². The summed E-state index contributed by atoms with van der Waals surface area (Å²) in [7, 11) is 0. The van der Waals surface area contributed by atoms with E-state index in [1.54, 1.807) is 12.1 Å². The van der Waals surface area contributed by atoms with Gasteiger partial charge < -0.3 is 9.84 Å². The van der Waals surface area contributed by atoms with Crippen LogP contribution in [0.5, 0.6) is 5.75 Å². The van der Waals surface area contributed by atoms with E-state index in [4.69, 9.17) is 21.4 Å². The summed E-state index contributed by atoms with van der Waals surface area (Å²) < 4.78 is 5.66. The molecule has 0 aromatic heterocycles. The van der Waals surface area contributed by atoms with Crippen molar-refractivity contribution in [1.29, 1.82) is 0 Å². The molecule has 4 heteroatoms. The predicted molar refractivity (Wildman–Crippen MR) is 63.4 cm³/mol. The summed E-state index contributed by atoms with van der Waals surface area (Å²) >= 11 is 5.84. The van der Waals surface area contributed by atoms with Gasteiger partial charge in [-0.15, -0.1) is 0 Å². The van der Waals surface area contributed by atoms with Crippen LogP contribution in [0.3, 0.4) is 0 Å². The lowest BCUT2D eigenvalue weighted by Crippen LogP contribution is -2.27.